The number of pyridine rings is 1. The highest BCUT2D eigenvalue weighted by molar-refractivity contribution is 5.79. The number of methoxy groups -OCH3 is 1. The number of fused-ring (bicyclic) bond motifs is 1. The van der Waals surface area contributed by atoms with Gasteiger partial charge in [-0.15, -0.1) is 5.10 Å². The van der Waals surface area contributed by atoms with Gasteiger partial charge in [0.1, 0.15) is 6.04 Å². The lowest BCUT2D eigenvalue weighted by atomic mass is 10.0. The molecule has 1 aliphatic heterocycles. The van der Waals surface area contributed by atoms with Crippen LogP contribution in [0.4, 0.5) is 18.9 Å². The maximum Gasteiger partial charge on any atom is 0.416 e. The summed E-state index contributed by atoms with van der Waals surface area (Å²) in [6.45, 7) is 4.71. The first-order valence-electron chi connectivity index (χ1n) is 12.3. The standard InChI is InChI=1S/C26H28F3N7O2/c1-17-6-7-22-18(14-17)15-21(25(37)30-22)23(24-31-32-33-36(24)12-13-38-2)35-10-8-34(9-11-35)20-5-3-4-19(16-20)26(27,28)29/h3-7,14-16,23H,8-13H2,1-2H3,(H,30,37)/t23-/m0/s1. The molecule has 38 heavy (non-hydrogen) atoms. The number of aryl methyl sites for hydroxylation is 1. The number of halogens is 3. The maximum absolute atomic E-state index is 13.3. The summed E-state index contributed by atoms with van der Waals surface area (Å²) >= 11 is 0. The Hall–Kier alpha value is -3.77. The summed E-state index contributed by atoms with van der Waals surface area (Å²) in [5.74, 6) is 0.507. The lowest BCUT2D eigenvalue weighted by Crippen LogP contribution is -2.49. The number of alkyl halides is 3. The van der Waals surface area contributed by atoms with E-state index in [0.717, 1.165) is 22.5 Å². The molecule has 0 radical (unpaired) electrons. The Labute approximate surface area is 216 Å². The number of aromatic amines is 1. The summed E-state index contributed by atoms with van der Waals surface area (Å²) in [6, 6.07) is 12.5. The number of nitrogens with zero attached hydrogens (tertiary/aromatic N) is 6. The van der Waals surface area contributed by atoms with E-state index in [1.807, 2.05) is 36.1 Å². The number of hydrogen-bond donors (Lipinski definition) is 1. The van der Waals surface area contributed by atoms with Gasteiger partial charge in [0.25, 0.3) is 5.56 Å². The number of anilines is 1. The normalized spacial score (nSPS) is 15.8. The van der Waals surface area contributed by atoms with Gasteiger partial charge in [0.15, 0.2) is 5.82 Å². The number of piperazine rings is 1. The van der Waals surface area contributed by atoms with Gasteiger partial charge in [-0.2, -0.15) is 13.2 Å². The van der Waals surface area contributed by atoms with E-state index in [-0.39, 0.29) is 5.56 Å². The lowest BCUT2D eigenvalue weighted by Gasteiger charge is -2.39. The molecule has 3 heterocycles. The van der Waals surface area contributed by atoms with Crippen molar-refractivity contribution in [2.24, 2.45) is 0 Å². The van der Waals surface area contributed by atoms with Gasteiger partial charge in [-0.1, -0.05) is 17.7 Å². The number of hydrogen-bond acceptors (Lipinski definition) is 7. The maximum atomic E-state index is 13.3. The third kappa shape index (κ3) is 5.27. The molecule has 0 saturated carbocycles. The molecule has 1 saturated heterocycles. The fourth-order valence-electron chi connectivity index (χ4n) is 4.91. The third-order valence-electron chi connectivity index (χ3n) is 6.85. The van der Waals surface area contributed by atoms with Crippen molar-refractivity contribution in [2.75, 3.05) is 44.8 Å². The van der Waals surface area contributed by atoms with E-state index in [4.69, 9.17) is 4.74 Å². The Morgan fingerprint density at radius 1 is 1.08 bits per heavy atom. The topological polar surface area (TPSA) is 92.2 Å². The Balaban J connectivity index is 1.49. The van der Waals surface area contributed by atoms with Gasteiger partial charge in [0, 0.05) is 50.1 Å². The average Bonchev–Trinajstić information content (AvgIpc) is 3.36. The first kappa shape index (κ1) is 25.9. The SMILES string of the molecule is COCCn1nnnc1[C@H](c1cc2cc(C)ccc2[nH]c1=O)N1CCN(c2cccc(C(F)(F)F)c2)CC1. The van der Waals surface area contributed by atoms with Gasteiger partial charge in [-0.25, -0.2) is 4.68 Å². The fraction of sp³-hybridized carbons (Fsp3) is 0.385. The van der Waals surface area contributed by atoms with E-state index in [9.17, 15) is 18.0 Å². The Kier molecular flexibility index (Phi) is 7.17. The Morgan fingerprint density at radius 2 is 1.87 bits per heavy atom. The van der Waals surface area contributed by atoms with Crippen LogP contribution in [0.25, 0.3) is 10.9 Å². The molecule has 1 fully saturated rings. The van der Waals surface area contributed by atoms with E-state index >= 15 is 0 Å². The quantitative estimate of drug-likeness (QED) is 0.394. The summed E-state index contributed by atoms with van der Waals surface area (Å²) in [7, 11) is 1.59. The molecule has 0 spiro atoms. The molecule has 5 rings (SSSR count). The third-order valence-corrected chi connectivity index (χ3v) is 6.85. The smallest absolute Gasteiger partial charge is 0.383 e. The Morgan fingerprint density at radius 3 is 2.61 bits per heavy atom. The molecule has 1 N–H and O–H groups in total. The zero-order valence-corrected chi connectivity index (χ0v) is 21.1. The molecule has 12 heteroatoms. The first-order valence-corrected chi connectivity index (χ1v) is 12.3. The van der Waals surface area contributed by atoms with Crippen LogP contribution in [0.3, 0.4) is 0 Å². The summed E-state index contributed by atoms with van der Waals surface area (Å²) in [4.78, 5) is 20.3. The predicted molar refractivity (Wildman–Crippen MR) is 136 cm³/mol. The minimum Gasteiger partial charge on any atom is -0.383 e. The Bertz CT molecular complexity index is 1480. The molecule has 0 aliphatic carbocycles. The number of tetrazole rings is 1. The van der Waals surface area contributed by atoms with Gasteiger partial charge in [-0.3, -0.25) is 9.69 Å². The molecule has 2 aromatic heterocycles. The average molecular weight is 528 g/mol. The van der Waals surface area contributed by atoms with Gasteiger partial charge in [0.2, 0.25) is 0 Å². The lowest BCUT2D eigenvalue weighted by molar-refractivity contribution is -0.137. The second-order valence-electron chi connectivity index (χ2n) is 9.37. The van der Waals surface area contributed by atoms with Gasteiger partial charge in [0.05, 0.1) is 18.7 Å². The van der Waals surface area contributed by atoms with Crippen LogP contribution in [0.5, 0.6) is 0 Å². The van der Waals surface area contributed by atoms with Crippen molar-refractivity contribution in [1.82, 2.24) is 30.1 Å². The highest BCUT2D eigenvalue weighted by Gasteiger charge is 2.34. The van der Waals surface area contributed by atoms with E-state index in [2.05, 4.69) is 25.4 Å². The molecular formula is C26H28F3N7O2. The second-order valence-corrected chi connectivity index (χ2v) is 9.37. The zero-order chi connectivity index (χ0) is 26.9. The molecule has 0 bridgehead atoms. The predicted octanol–water partition coefficient (Wildman–Crippen LogP) is 3.40. The second kappa shape index (κ2) is 10.5. The van der Waals surface area contributed by atoms with Gasteiger partial charge in [-0.05, 0) is 59.1 Å². The molecule has 1 aliphatic rings. The number of benzene rings is 2. The van der Waals surface area contributed by atoms with E-state index < -0.39 is 17.8 Å². The van der Waals surface area contributed by atoms with Gasteiger partial charge >= 0.3 is 6.18 Å². The van der Waals surface area contributed by atoms with Crippen molar-refractivity contribution >= 4 is 16.6 Å². The molecule has 2 aromatic carbocycles. The van der Waals surface area contributed by atoms with Gasteiger partial charge < -0.3 is 14.6 Å². The van der Waals surface area contributed by atoms with Crippen molar-refractivity contribution in [3.8, 4) is 0 Å². The highest BCUT2D eigenvalue weighted by atomic mass is 19.4. The van der Waals surface area contributed by atoms with Crippen LogP contribution in [0.1, 0.15) is 28.6 Å². The van der Waals surface area contributed by atoms with Crippen LogP contribution in [-0.2, 0) is 17.5 Å². The number of H-pyrrole nitrogens is 1. The molecule has 9 nitrogen and oxygen atoms in total. The molecule has 1 atom stereocenters. The van der Waals surface area contributed by atoms with E-state index in [1.165, 1.54) is 12.1 Å². The summed E-state index contributed by atoms with van der Waals surface area (Å²) in [5, 5.41) is 13.2. The van der Waals surface area contributed by atoms with E-state index in [1.54, 1.807) is 17.9 Å². The summed E-state index contributed by atoms with van der Waals surface area (Å²) in [6.07, 6.45) is -4.41. The van der Waals surface area contributed by atoms with Crippen LogP contribution in [0.15, 0.2) is 53.3 Å². The highest BCUT2D eigenvalue weighted by Crippen LogP contribution is 2.33. The number of ether oxygens (including phenoxy) is 1. The number of rotatable bonds is 7. The fourth-order valence-corrected chi connectivity index (χ4v) is 4.91. The summed E-state index contributed by atoms with van der Waals surface area (Å²) in [5.41, 5.74) is 1.89. The first-order chi connectivity index (χ1) is 18.2. The largest absolute Gasteiger partial charge is 0.416 e. The van der Waals surface area contributed by atoms with Crippen LogP contribution in [-0.4, -0.2) is 70.0 Å². The summed E-state index contributed by atoms with van der Waals surface area (Å²) < 4.78 is 46.6. The van der Waals surface area contributed by atoms with E-state index in [0.29, 0.717) is 56.4 Å². The van der Waals surface area contributed by atoms with Crippen LogP contribution >= 0.6 is 0 Å². The van der Waals surface area contributed by atoms with Crippen molar-refractivity contribution in [1.29, 1.82) is 0 Å². The number of aromatic nitrogens is 5. The van der Waals surface area contributed by atoms with Crippen LogP contribution in [0.2, 0.25) is 0 Å². The minimum atomic E-state index is -4.41. The monoisotopic (exact) mass is 527 g/mol. The number of nitrogens with one attached hydrogen (secondary N) is 1. The molecular weight excluding hydrogens is 499 g/mol. The molecule has 0 amide bonds. The molecule has 0 unspecified atom stereocenters. The van der Waals surface area contributed by atoms with Crippen LogP contribution in [0, 0.1) is 6.92 Å². The van der Waals surface area contributed by atoms with Crippen LogP contribution < -0.4 is 10.5 Å². The van der Waals surface area contributed by atoms with Crippen molar-refractivity contribution < 1.29 is 17.9 Å². The van der Waals surface area contributed by atoms with Crippen molar-refractivity contribution in [2.45, 2.75) is 25.7 Å². The van der Waals surface area contributed by atoms with Crippen molar-refractivity contribution in [3.63, 3.8) is 0 Å². The van der Waals surface area contributed by atoms with Crippen molar-refractivity contribution in [3.05, 3.63) is 81.4 Å². The minimum absolute atomic E-state index is 0.243. The molecule has 4 aromatic rings. The molecule has 200 valence electrons. The zero-order valence-electron chi connectivity index (χ0n) is 21.1.